The van der Waals surface area contributed by atoms with Crippen LogP contribution in [0.2, 0.25) is 0 Å². The van der Waals surface area contributed by atoms with Crippen molar-refractivity contribution in [2.45, 2.75) is 20.0 Å². The molecule has 0 bridgehead atoms. The SMILES string of the molecule is CC(=O)NC[C@H]1CN(c2ccc(C(=O)Nc3nc4ccc(C)cc4s3)c(F)c2)C(=O)O1. The second-order valence-electron chi connectivity index (χ2n) is 7.16. The second-order valence-corrected chi connectivity index (χ2v) is 8.19. The van der Waals surface area contributed by atoms with Gasteiger partial charge in [-0.25, -0.2) is 14.2 Å². The van der Waals surface area contributed by atoms with Crippen molar-refractivity contribution in [2.75, 3.05) is 23.3 Å². The predicted octanol–water partition coefficient (Wildman–Crippen LogP) is 3.46. The fourth-order valence-electron chi connectivity index (χ4n) is 3.20. The highest BCUT2D eigenvalue weighted by Crippen LogP contribution is 2.28. The molecule has 31 heavy (non-hydrogen) atoms. The Bertz CT molecular complexity index is 1200. The number of hydrogen-bond donors (Lipinski definition) is 2. The minimum absolute atomic E-state index is 0.162. The molecule has 3 aromatic rings. The maximum Gasteiger partial charge on any atom is 0.414 e. The molecule has 0 radical (unpaired) electrons. The van der Waals surface area contributed by atoms with Gasteiger partial charge in [0.1, 0.15) is 11.9 Å². The quantitative estimate of drug-likeness (QED) is 0.630. The molecular formula is C21H19FN4O4S. The van der Waals surface area contributed by atoms with Crippen LogP contribution in [0.15, 0.2) is 36.4 Å². The van der Waals surface area contributed by atoms with Crippen molar-refractivity contribution in [3.63, 3.8) is 0 Å². The second kappa shape index (κ2) is 8.31. The third-order valence-electron chi connectivity index (χ3n) is 4.73. The van der Waals surface area contributed by atoms with Crippen LogP contribution in [-0.2, 0) is 9.53 Å². The summed E-state index contributed by atoms with van der Waals surface area (Å²) in [5.74, 6) is -1.64. The molecule has 10 heteroatoms. The first kappa shape index (κ1) is 20.7. The monoisotopic (exact) mass is 442 g/mol. The van der Waals surface area contributed by atoms with Crippen LogP contribution in [0.5, 0.6) is 0 Å². The first-order chi connectivity index (χ1) is 14.8. The molecule has 0 saturated carbocycles. The normalized spacial score (nSPS) is 15.8. The van der Waals surface area contributed by atoms with Gasteiger partial charge < -0.3 is 10.1 Å². The molecule has 1 aliphatic heterocycles. The van der Waals surface area contributed by atoms with Crippen molar-refractivity contribution < 1.29 is 23.5 Å². The smallest absolute Gasteiger partial charge is 0.414 e. The Morgan fingerprint density at radius 2 is 2.10 bits per heavy atom. The molecule has 0 unspecified atom stereocenters. The van der Waals surface area contributed by atoms with E-state index in [9.17, 15) is 18.8 Å². The van der Waals surface area contributed by atoms with E-state index in [4.69, 9.17) is 4.74 Å². The van der Waals surface area contributed by atoms with Gasteiger partial charge in [0.2, 0.25) is 5.91 Å². The Morgan fingerprint density at radius 1 is 1.29 bits per heavy atom. The van der Waals surface area contributed by atoms with Gasteiger partial charge in [-0.05, 0) is 42.8 Å². The van der Waals surface area contributed by atoms with E-state index in [2.05, 4.69) is 15.6 Å². The number of amides is 3. The number of anilines is 2. The summed E-state index contributed by atoms with van der Waals surface area (Å²) in [7, 11) is 0. The Hall–Kier alpha value is -3.53. The Kier molecular flexibility index (Phi) is 5.55. The molecule has 1 atom stereocenters. The number of ether oxygens (including phenoxy) is 1. The number of fused-ring (bicyclic) bond motifs is 1. The number of thiazole rings is 1. The number of benzene rings is 2. The van der Waals surface area contributed by atoms with Gasteiger partial charge in [0.25, 0.3) is 5.91 Å². The molecule has 0 aliphatic carbocycles. The van der Waals surface area contributed by atoms with Crippen LogP contribution in [-0.4, -0.2) is 42.1 Å². The van der Waals surface area contributed by atoms with Crippen LogP contribution in [0.25, 0.3) is 10.2 Å². The molecular weight excluding hydrogens is 423 g/mol. The largest absolute Gasteiger partial charge is 0.442 e. The Balaban J connectivity index is 1.47. The third kappa shape index (κ3) is 4.48. The van der Waals surface area contributed by atoms with Gasteiger partial charge in [-0.15, -0.1) is 0 Å². The highest BCUT2D eigenvalue weighted by Gasteiger charge is 2.33. The highest BCUT2D eigenvalue weighted by atomic mass is 32.1. The lowest BCUT2D eigenvalue weighted by Gasteiger charge is -2.14. The van der Waals surface area contributed by atoms with Gasteiger partial charge in [-0.3, -0.25) is 19.8 Å². The van der Waals surface area contributed by atoms with Crippen LogP contribution in [0.4, 0.5) is 20.0 Å². The number of aryl methyl sites for hydroxylation is 1. The zero-order valence-corrected chi connectivity index (χ0v) is 17.6. The summed E-state index contributed by atoms with van der Waals surface area (Å²) >= 11 is 1.31. The van der Waals surface area contributed by atoms with E-state index in [1.54, 1.807) is 0 Å². The summed E-state index contributed by atoms with van der Waals surface area (Å²) in [6.07, 6.45) is -1.18. The molecule has 1 aliphatic rings. The molecule has 2 aromatic carbocycles. The Morgan fingerprint density at radius 3 is 2.84 bits per heavy atom. The molecule has 160 valence electrons. The van der Waals surface area contributed by atoms with Crippen molar-refractivity contribution in [1.29, 1.82) is 0 Å². The summed E-state index contributed by atoms with van der Waals surface area (Å²) in [5.41, 5.74) is 1.93. The molecule has 1 saturated heterocycles. The fraction of sp³-hybridized carbons (Fsp3) is 0.238. The number of aromatic nitrogens is 1. The summed E-state index contributed by atoms with van der Waals surface area (Å²) in [4.78, 5) is 41.3. The van der Waals surface area contributed by atoms with Crippen molar-refractivity contribution >= 4 is 50.3 Å². The van der Waals surface area contributed by atoms with Crippen molar-refractivity contribution in [3.05, 3.63) is 53.3 Å². The van der Waals surface area contributed by atoms with E-state index < -0.39 is 23.9 Å². The van der Waals surface area contributed by atoms with Crippen LogP contribution < -0.4 is 15.5 Å². The molecule has 0 spiro atoms. The number of cyclic esters (lactones) is 1. The summed E-state index contributed by atoms with van der Waals surface area (Å²) in [6, 6.07) is 9.65. The number of halogens is 1. The first-order valence-corrected chi connectivity index (χ1v) is 10.3. The van der Waals surface area contributed by atoms with Crippen LogP contribution in [0.1, 0.15) is 22.8 Å². The Labute approximate surface area is 181 Å². The first-order valence-electron chi connectivity index (χ1n) is 9.51. The predicted molar refractivity (Wildman–Crippen MR) is 115 cm³/mol. The number of carbonyl (C=O) groups excluding carboxylic acids is 3. The van der Waals surface area contributed by atoms with Gasteiger partial charge in [0, 0.05) is 6.92 Å². The number of rotatable bonds is 5. The summed E-state index contributed by atoms with van der Waals surface area (Å²) in [6.45, 7) is 3.66. The van der Waals surface area contributed by atoms with Crippen molar-refractivity contribution in [1.82, 2.24) is 10.3 Å². The van der Waals surface area contributed by atoms with E-state index in [0.29, 0.717) is 5.13 Å². The standard InChI is InChI=1S/C21H19FN4O4S/c1-11-3-6-17-18(7-11)31-20(24-17)25-19(28)15-5-4-13(8-16(15)22)26-10-14(30-21(26)29)9-23-12(2)27/h3-8,14H,9-10H2,1-2H3,(H,23,27)(H,24,25,28)/t14-/m0/s1. The molecule has 1 fully saturated rings. The maximum absolute atomic E-state index is 14.7. The summed E-state index contributed by atoms with van der Waals surface area (Å²) < 4.78 is 20.8. The fourth-order valence-corrected chi connectivity index (χ4v) is 4.16. The molecule has 1 aromatic heterocycles. The topological polar surface area (TPSA) is 101 Å². The van der Waals surface area contributed by atoms with Crippen LogP contribution in [0, 0.1) is 12.7 Å². The number of hydrogen-bond acceptors (Lipinski definition) is 6. The highest BCUT2D eigenvalue weighted by molar-refractivity contribution is 7.22. The van der Waals surface area contributed by atoms with Gasteiger partial charge in [0.15, 0.2) is 5.13 Å². The molecule has 4 rings (SSSR count). The van der Waals surface area contributed by atoms with Gasteiger partial charge in [-0.1, -0.05) is 17.4 Å². The van der Waals surface area contributed by atoms with E-state index in [1.807, 2.05) is 25.1 Å². The minimum atomic E-state index is -0.773. The van der Waals surface area contributed by atoms with Crippen LogP contribution >= 0.6 is 11.3 Å². The third-order valence-corrected chi connectivity index (χ3v) is 5.66. The maximum atomic E-state index is 14.7. The average molecular weight is 442 g/mol. The molecule has 2 heterocycles. The number of nitrogens with zero attached hydrogens (tertiary/aromatic N) is 2. The molecule has 8 nitrogen and oxygen atoms in total. The van der Waals surface area contributed by atoms with Crippen molar-refractivity contribution in [2.24, 2.45) is 0 Å². The molecule has 2 N–H and O–H groups in total. The van der Waals surface area contributed by atoms with E-state index in [-0.39, 0.29) is 30.2 Å². The number of carbonyl (C=O) groups is 3. The average Bonchev–Trinajstić information content (AvgIpc) is 3.28. The number of nitrogens with one attached hydrogen (secondary N) is 2. The van der Waals surface area contributed by atoms with E-state index >= 15 is 0 Å². The molecule has 3 amide bonds. The summed E-state index contributed by atoms with van der Waals surface area (Å²) in [5, 5.41) is 5.57. The minimum Gasteiger partial charge on any atom is -0.442 e. The van der Waals surface area contributed by atoms with Crippen LogP contribution in [0.3, 0.4) is 0 Å². The van der Waals surface area contributed by atoms with E-state index in [0.717, 1.165) is 21.8 Å². The lowest BCUT2D eigenvalue weighted by molar-refractivity contribution is -0.119. The zero-order valence-electron chi connectivity index (χ0n) is 16.8. The van der Waals surface area contributed by atoms with E-state index in [1.165, 1.54) is 35.3 Å². The van der Waals surface area contributed by atoms with Gasteiger partial charge >= 0.3 is 6.09 Å². The van der Waals surface area contributed by atoms with Crippen molar-refractivity contribution in [3.8, 4) is 0 Å². The lowest BCUT2D eigenvalue weighted by atomic mass is 10.1. The lowest BCUT2D eigenvalue weighted by Crippen LogP contribution is -2.33. The van der Waals surface area contributed by atoms with Gasteiger partial charge in [0.05, 0.1) is 34.6 Å². The zero-order chi connectivity index (χ0) is 22.1. The van der Waals surface area contributed by atoms with Gasteiger partial charge in [-0.2, -0.15) is 0 Å².